The van der Waals surface area contributed by atoms with Crippen LogP contribution in [0.5, 0.6) is 5.75 Å². The molecule has 1 heterocycles. The van der Waals surface area contributed by atoms with E-state index in [2.05, 4.69) is 0 Å². The van der Waals surface area contributed by atoms with Crippen molar-refractivity contribution in [1.29, 1.82) is 0 Å². The average molecular weight is 425 g/mol. The zero-order chi connectivity index (χ0) is 22.5. The molecule has 0 radical (unpaired) electrons. The normalized spacial score (nSPS) is 10.7. The quantitative estimate of drug-likeness (QED) is 0.445. The summed E-state index contributed by atoms with van der Waals surface area (Å²) in [5.74, 6) is -0.597. The number of ether oxygens (including phenoxy) is 1. The molecule has 1 N–H and O–H groups in total. The fourth-order valence-corrected chi connectivity index (χ4v) is 3.64. The van der Waals surface area contributed by atoms with Gasteiger partial charge in [-0.2, -0.15) is 0 Å². The molecule has 0 amide bonds. The number of aromatic carboxylic acids is 1. The number of hydrogen-bond donors (Lipinski definition) is 1. The van der Waals surface area contributed by atoms with Gasteiger partial charge in [0.1, 0.15) is 6.61 Å². The summed E-state index contributed by atoms with van der Waals surface area (Å²) in [4.78, 5) is 23.9. The predicted octanol–water partition coefficient (Wildman–Crippen LogP) is 5.15. The number of carboxylic acids is 1. The molecule has 4 rings (SSSR count). The van der Waals surface area contributed by atoms with Gasteiger partial charge in [-0.25, -0.2) is 4.79 Å². The minimum atomic E-state index is -0.948. The Morgan fingerprint density at radius 1 is 0.875 bits per heavy atom. The lowest BCUT2D eigenvalue weighted by molar-refractivity contribution is 0.0697. The first-order valence-corrected chi connectivity index (χ1v) is 10.3. The van der Waals surface area contributed by atoms with Gasteiger partial charge < -0.3 is 14.4 Å². The van der Waals surface area contributed by atoms with E-state index < -0.39 is 5.97 Å². The van der Waals surface area contributed by atoms with Crippen molar-refractivity contribution < 1.29 is 14.6 Å². The van der Waals surface area contributed by atoms with E-state index >= 15 is 0 Å². The Hall–Kier alpha value is -4.12. The summed E-state index contributed by atoms with van der Waals surface area (Å²) in [5, 5.41) is 9.43. The van der Waals surface area contributed by atoms with E-state index in [-0.39, 0.29) is 11.0 Å². The average Bonchev–Trinajstić information content (AvgIpc) is 2.82. The van der Waals surface area contributed by atoms with Gasteiger partial charge in [0.25, 0.3) is 0 Å². The summed E-state index contributed by atoms with van der Waals surface area (Å²) >= 11 is 0. The zero-order valence-corrected chi connectivity index (χ0v) is 17.7. The Labute approximate surface area is 186 Å². The molecule has 0 aliphatic heterocycles. The third kappa shape index (κ3) is 4.62. The van der Waals surface area contributed by atoms with Crippen LogP contribution in [0.2, 0.25) is 0 Å². The number of carbonyl (C=O) groups is 1. The van der Waals surface area contributed by atoms with E-state index in [0.29, 0.717) is 24.5 Å². The number of nitrogens with zero attached hydrogens (tertiary/aromatic N) is 1. The van der Waals surface area contributed by atoms with Crippen LogP contribution in [-0.4, -0.2) is 15.6 Å². The van der Waals surface area contributed by atoms with Crippen LogP contribution in [0, 0.1) is 6.92 Å². The molecular formula is C27H23NO4. The minimum Gasteiger partial charge on any atom is -0.483 e. The molecule has 1 aromatic heterocycles. The van der Waals surface area contributed by atoms with E-state index in [9.17, 15) is 14.7 Å². The predicted molar refractivity (Wildman–Crippen MR) is 124 cm³/mol. The van der Waals surface area contributed by atoms with Gasteiger partial charge in [0.05, 0.1) is 11.3 Å². The fraction of sp³-hybridized carbons (Fsp3) is 0.111. The van der Waals surface area contributed by atoms with Crippen molar-refractivity contribution in [2.75, 3.05) is 0 Å². The second-order valence-electron chi connectivity index (χ2n) is 7.54. The van der Waals surface area contributed by atoms with Gasteiger partial charge in [0.2, 0.25) is 5.43 Å². The number of hydrogen-bond acceptors (Lipinski definition) is 3. The lowest BCUT2D eigenvalue weighted by Crippen LogP contribution is -2.15. The van der Waals surface area contributed by atoms with Gasteiger partial charge in [0, 0.05) is 18.8 Å². The van der Waals surface area contributed by atoms with E-state index in [0.717, 1.165) is 22.4 Å². The molecule has 0 saturated carbocycles. The highest BCUT2D eigenvalue weighted by Gasteiger charge is 2.12. The van der Waals surface area contributed by atoms with E-state index in [1.807, 2.05) is 72.2 Å². The summed E-state index contributed by atoms with van der Waals surface area (Å²) in [6.07, 6.45) is 1.76. The Bertz CT molecular complexity index is 1290. The highest BCUT2D eigenvalue weighted by Crippen LogP contribution is 2.25. The molecule has 0 fully saturated rings. The Balaban J connectivity index is 1.54. The van der Waals surface area contributed by atoms with Gasteiger partial charge in [-0.1, -0.05) is 72.8 Å². The molecule has 0 aliphatic rings. The van der Waals surface area contributed by atoms with Gasteiger partial charge in [-0.3, -0.25) is 4.79 Å². The molecule has 3 aromatic carbocycles. The maximum atomic E-state index is 12.4. The topological polar surface area (TPSA) is 68.5 Å². The third-order valence-electron chi connectivity index (χ3n) is 5.39. The number of carboxylic acid groups (broad SMARTS) is 1. The van der Waals surface area contributed by atoms with Crippen LogP contribution in [0.3, 0.4) is 0 Å². The first-order chi connectivity index (χ1) is 15.5. The molecule has 32 heavy (non-hydrogen) atoms. The third-order valence-corrected chi connectivity index (χ3v) is 5.39. The first-order valence-electron chi connectivity index (χ1n) is 10.3. The van der Waals surface area contributed by atoms with Gasteiger partial charge in [0.15, 0.2) is 5.75 Å². The summed E-state index contributed by atoms with van der Waals surface area (Å²) in [5.41, 5.74) is 4.44. The van der Waals surface area contributed by atoms with Crippen molar-refractivity contribution in [3.63, 3.8) is 0 Å². The van der Waals surface area contributed by atoms with Crippen molar-refractivity contribution >= 4 is 5.97 Å². The Morgan fingerprint density at radius 3 is 2.28 bits per heavy atom. The van der Waals surface area contributed by atoms with Crippen molar-refractivity contribution in [3.8, 4) is 16.9 Å². The molecule has 0 saturated heterocycles. The van der Waals surface area contributed by atoms with Crippen LogP contribution in [-0.2, 0) is 13.2 Å². The second-order valence-corrected chi connectivity index (χ2v) is 7.54. The monoisotopic (exact) mass is 425 g/mol. The fourth-order valence-electron chi connectivity index (χ4n) is 3.64. The lowest BCUT2D eigenvalue weighted by atomic mass is 9.99. The number of benzene rings is 3. The van der Waals surface area contributed by atoms with Crippen molar-refractivity contribution in [1.82, 2.24) is 4.57 Å². The molecule has 5 heteroatoms. The molecule has 0 unspecified atom stereocenters. The standard InChI is InChI=1S/C27H23NO4/c1-19-26(32-18-21-7-3-2-4-8-21)25(29)15-16-28(19)17-20-11-13-22(14-12-20)23-9-5-6-10-24(23)27(30)31/h2-16H,17-18H2,1H3,(H,30,31). The molecular weight excluding hydrogens is 402 g/mol. The smallest absolute Gasteiger partial charge is 0.336 e. The van der Waals surface area contributed by atoms with Crippen LogP contribution < -0.4 is 10.2 Å². The summed E-state index contributed by atoms with van der Waals surface area (Å²) in [7, 11) is 0. The zero-order valence-electron chi connectivity index (χ0n) is 17.7. The lowest BCUT2D eigenvalue weighted by Gasteiger charge is -2.15. The van der Waals surface area contributed by atoms with E-state index in [4.69, 9.17) is 4.74 Å². The SMILES string of the molecule is Cc1c(OCc2ccccc2)c(=O)ccn1Cc1ccc(-c2ccccc2C(=O)O)cc1. The van der Waals surface area contributed by atoms with Gasteiger partial charge in [-0.15, -0.1) is 0 Å². The van der Waals surface area contributed by atoms with Crippen LogP contribution in [0.25, 0.3) is 11.1 Å². The first kappa shape index (κ1) is 21.1. The maximum absolute atomic E-state index is 12.4. The van der Waals surface area contributed by atoms with Crippen molar-refractivity contribution in [2.24, 2.45) is 0 Å². The number of pyridine rings is 1. The second kappa shape index (κ2) is 9.35. The molecule has 0 atom stereocenters. The maximum Gasteiger partial charge on any atom is 0.336 e. The molecule has 160 valence electrons. The molecule has 4 aromatic rings. The highest BCUT2D eigenvalue weighted by atomic mass is 16.5. The van der Waals surface area contributed by atoms with Crippen molar-refractivity contribution in [2.45, 2.75) is 20.1 Å². The summed E-state index contributed by atoms with van der Waals surface area (Å²) in [6.45, 7) is 2.77. The van der Waals surface area contributed by atoms with Crippen LogP contribution in [0.1, 0.15) is 27.2 Å². The van der Waals surface area contributed by atoms with Crippen LogP contribution in [0.4, 0.5) is 0 Å². The number of rotatable bonds is 7. The van der Waals surface area contributed by atoms with E-state index in [1.165, 1.54) is 6.07 Å². The highest BCUT2D eigenvalue weighted by molar-refractivity contribution is 5.95. The van der Waals surface area contributed by atoms with Crippen LogP contribution in [0.15, 0.2) is 95.9 Å². The number of aromatic nitrogens is 1. The summed E-state index contributed by atoms with van der Waals surface area (Å²) in [6, 6.07) is 26.0. The molecule has 0 spiro atoms. The van der Waals surface area contributed by atoms with Crippen LogP contribution >= 0.6 is 0 Å². The van der Waals surface area contributed by atoms with E-state index in [1.54, 1.807) is 24.4 Å². The molecule has 0 bridgehead atoms. The van der Waals surface area contributed by atoms with Gasteiger partial charge in [-0.05, 0) is 35.2 Å². The molecule has 5 nitrogen and oxygen atoms in total. The Morgan fingerprint density at radius 2 is 1.56 bits per heavy atom. The Kier molecular flexibility index (Phi) is 6.17. The minimum absolute atomic E-state index is 0.143. The largest absolute Gasteiger partial charge is 0.483 e. The molecule has 0 aliphatic carbocycles. The summed E-state index contributed by atoms with van der Waals surface area (Å²) < 4.78 is 7.83. The van der Waals surface area contributed by atoms with Gasteiger partial charge >= 0.3 is 5.97 Å². The van der Waals surface area contributed by atoms with Crippen molar-refractivity contribution in [3.05, 3.63) is 124 Å².